The van der Waals surface area contributed by atoms with Gasteiger partial charge in [-0.05, 0) is 54.3 Å². The maximum Gasteiger partial charge on any atom is 0.439 e. The maximum absolute atomic E-state index is 14.0. The summed E-state index contributed by atoms with van der Waals surface area (Å²) < 4.78 is 10.3. The highest BCUT2D eigenvalue weighted by molar-refractivity contribution is 6.02. The summed E-state index contributed by atoms with van der Waals surface area (Å²) >= 11 is 0. The molecule has 1 aromatic heterocycles. The second-order valence-corrected chi connectivity index (χ2v) is 9.85. The number of carbonyl (C=O) groups is 3. The minimum Gasteiger partial charge on any atom is -0.496 e. The highest BCUT2D eigenvalue weighted by atomic mass is 16.5. The SMILES string of the molecule is COc1ccc2cc(-c3noc(=O)[nH]3)ccc2c1CN1C(=O)[C@@H](NC(=O)[C@H](C)N(C)C(=O)O)CCc2ccccc21. The van der Waals surface area contributed by atoms with Crippen LogP contribution in [-0.4, -0.2) is 64.3 Å². The smallest absolute Gasteiger partial charge is 0.439 e. The molecule has 4 aromatic rings. The monoisotopic (exact) mass is 559 g/mol. The Hall–Kier alpha value is -5.13. The Morgan fingerprint density at radius 3 is 2.71 bits per heavy atom. The van der Waals surface area contributed by atoms with Gasteiger partial charge < -0.3 is 20.1 Å². The third-order valence-electron chi connectivity index (χ3n) is 7.47. The topological polar surface area (TPSA) is 158 Å². The first kappa shape index (κ1) is 27.4. The Morgan fingerprint density at radius 2 is 2.00 bits per heavy atom. The number of hydrogen-bond acceptors (Lipinski definition) is 7. The molecule has 5 rings (SSSR count). The molecule has 12 nitrogen and oxygen atoms in total. The average molecular weight is 560 g/mol. The Balaban J connectivity index is 1.53. The van der Waals surface area contributed by atoms with Gasteiger partial charge in [-0.2, -0.15) is 0 Å². The van der Waals surface area contributed by atoms with Crippen molar-refractivity contribution >= 4 is 34.4 Å². The summed E-state index contributed by atoms with van der Waals surface area (Å²) in [5.74, 6) is -0.650. The summed E-state index contributed by atoms with van der Waals surface area (Å²) in [6, 6.07) is 14.9. The third kappa shape index (κ3) is 5.36. The molecular weight excluding hydrogens is 530 g/mol. The fourth-order valence-electron chi connectivity index (χ4n) is 5.03. The average Bonchev–Trinajstić information content (AvgIpc) is 3.37. The van der Waals surface area contributed by atoms with E-state index < -0.39 is 29.8 Å². The van der Waals surface area contributed by atoms with Gasteiger partial charge in [-0.15, -0.1) is 0 Å². The molecule has 1 aliphatic rings. The first-order chi connectivity index (χ1) is 19.7. The minimum atomic E-state index is -1.24. The second-order valence-electron chi connectivity index (χ2n) is 9.85. The van der Waals surface area contributed by atoms with Gasteiger partial charge in [-0.25, -0.2) is 9.59 Å². The van der Waals surface area contributed by atoms with Crippen LogP contribution < -0.4 is 20.7 Å². The predicted molar refractivity (Wildman–Crippen MR) is 150 cm³/mol. The number of rotatable bonds is 7. The first-order valence-electron chi connectivity index (χ1n) is 13.0. The summed E-state index contributed by atoms with van der Waals surface area (Å²) in [6.45, 7) is 1.62. The lowest BCUT2D eigenvalue weighted by Crippen LogP contribution is -2.53. The Bertz CT molecular complexity index is 1690. The number of nitrogens with zero attached hydrogens (tertiary/aromatic N) is 3. The molecule has 0 saturated heterocycles. The van der Waals surface area contributed by atoms with Crippen molar-refractivity contribution in [1.82, 2.24) is 20.4 Å². The molecule has 0 unspecified atom stereocenters. The van der Waals surface area contributed by atoms with E-state index >= 15 is 0 Å². The molecule has 0 saturated carbocycles. The van der Waals surface area contributed by atoms with Crippen LogP contribution in [-0.2, 0) is 22.6 Å². The lowest BCUT2D eigenvalue weighted by molar-refractivity contribution is -0.130. The Morgan fingerprint density at radius 1 is 1.22 bits per heavy atom. The number of carboxylic acid groups (broad SMARTS) is 1. The lowest BCUT2D eigenvalue weighted by Gasteiger charge is -2.29. The van der Waals surface area contributed by atoms with Gasteiger partial charge in [0.05, 0.1) is 13.7 Å². The highest BCUT2D eigenvalue weighted by Crippen LogP contribution is 2.35. The first-order valence-corrected chi connectivity index (χ1v) is 13.0. The Labute approximate surface area is 234 Å². The van der Waals surface area contributed by atoms with Crippen LogP contribution in [0, 0.1) is 0 Å². The molecule has 3 N–H and O–H groups in total. The van der Waals surface area contributed by atoms with Crippen LogP contribution in [0.1, 0.15) is 24.5 Å². The van der Waals surface area contributed by atoms with E-state index in [1.807, 2.05) is 48.5 Å². The molecule has 2 atom stereocenters. The number of aryl methyl sites for hydroxylation is 1. The number of aromatic nitrogens is 2. The molecule has 12 heteroatoms. The summed E-state index contributed by atoms with van der Waals surface area (Å²) in [6.07, 6.45) is -0.346. The van der Waals surface area contributed by atoms with Gasteiger partial charge in [0.25, 0.3) is 0 Å². The molecule has 2 heterocycles. The molecule has 0 bridgehead atoms. The number of amides is 3. The van der Waals surface area contributed by atoms with Gasteiger partial charge in [0.2, 0.25) is 11.8 Å². The summed E-state index contributed by atoms with van der Waals surface area (Å²) in [5.41, 5.74) is 3.07. The standard InChI is InChI=1S/C29H29N5O7/c1-16(33(2)29(38)39)26(35)30-22-12-9-17-6-4-5-7-23(17)34(27(22)36)15-21-20-11-8-19(25-31-28(37)41-32-25)14-18(20)10-13-24(21)40-3/h4-8,10-11,13-14,16,22H,9,12,15H2,1-3H3,(H,30,35)(H,38,39)(H,31,32,37)/t16-,22-/m0/s1. The molecule has 0 spiro atoms. The van der Waals surface area contributed by atoms with Gasteiger partial charge in [0.1, 0.15) is 17.8 Å². The third-order valence-corrected chi connectivity index (χ3v) is 7.47. The van der Waals surface area contributed by atoms with Gasteiger partial charge in [0, 0.05) is 23.9 Å². The number of fused-ring (bicyclic) bond motifs is 2. The highest BCUT2D eigenvalue weighted by Gasteiger charge is 2.34. The van der Waals surface area contributed by atoms with E-state index in [0.717, 1.165) is 32.5 Å². The summed E-state index contributed by atoms with van der Waals surface area (Å²) in [7, 11) is 2.86. The van der Waals surface area contributed by atoms with E-state index in [4.69, 9.17) is 4.74 Å². The van der Waals surface area contributed by atoms with Crippen LogP contribution >= 0.6 is 0 Å². The number of methoxy groups -OCH3 is 1. The van der Waals surface area contributed by atoms with E-state index in [9.17, 15) is 24.3 Å². The van der Waals surface area contributed by atoms with Crippen LogP contribution in [0.4, 0.5) is 10.5 Å². The maximum atomic E-state index is 14.0. The van der Waals surface area contributed by atoms with E-state index in [2.05, 4.69) is 20.0 Å². The van der Waals surface area contributed by atoms with E-state index in [1.54, 1.807) is 18.1 Å². The van der Waals surface area contributed by atoms with E-state index in [0.29, 0.717) is 30.0 Å². The number of H-pyrrole nitrogens is 1. The number of para-hydroxylation sites is 1. The van der Waals surface area contributed by atoms with Crippen molar-refractivity contribution < 1.29 is 28.8 Å². The van der Waals surface area contributed by atoms with Crippen molar-refractivity contribution in [3.63, 3.8) is 0 Å². The van der Waals surface area contributed by atoms with Crippen LogP contribution in [0.5, 0.6) is 5.75 Å². The number of nitrogens with one attached hydrogen (secondary N) is 2. The summed E-state index contributed by atoms with van der Waals surface area (Å²) in [4.78, 5) is 54.9. The van der Waals surface area contributed by atoms with Crippen molar-refractivity contribution in [2.45, 2.75) is 38.4 Å². The molecule has 212 valence electrons. The van der Waals surface area contributed by atoms with Gasteiger partial charge in [-0.3, -0.25) is 24.0 Å². The summed E-state index contributed by atoms with van der Waals surface area (Å²) in [5, 5.41) is 17.5. The van der Waals surface area contributed by atoms with Crippen LogP contribution in [0.15, 0.2) is 63.9 Å². The normalized spacial score (nSPS) is 15.6. The molecule has 0 aliphatic carbocycles. The zero-order valence-electron chi connectivity index (χ0n) is 22.7. The minimum absolute atomic E-state index is 0.146. The zero-order chi connectivity index (χ0) is 29.3. The molecule has 0 fully saturated rings. The van der Waals surface area contributed by atoms with Crippen molar-refractivity contribution in [1.29, 1.82) is 0 Å². The van der Waals surface area contributed by atoms with Crippen LogP contribution in [0.3, 0.4) is 0 Å². The van der Waals surface area contributed by atoms with Crippen LogP contribution in [0.2, 0.25) is 0 Å². The largest absolute Gasteiger partial charge is 0.496 e. The number of hydrogen-bond donors (Lipinski definition) is 3. The molecule has 0 radical (unpaired) electrons. The van der Waals surface area contributed by atoms with Crippen LogP contribution in [0.25, 0.3) is 22.2 Å². The van der Waals surface area contributed by atoms with Gasteiger partial charge >= 0.3 is 11.8 Å². The molecule has 3 amide bonds. The number of anilines is 1. The zero-order valence-corrected chi connectivity index (χ0v) is 22.7. The molecule has 41 heavy (non-hydrogen) atoms. The predicted octanol–water partition coefficient (Wildman–Crippen LogP) is 3.15. The lowest BCUT2D eigenvalue weighted by atomic mass is 10.00. The number of ether oxygens (including phenoxy) is 1. The van der Waals surface area contributed by atoms with Crippen molar-refractivity contribution in [2.24, 2.45) is 0 Å². The fraction of sp³-hybridized carbons (Fsp3) is 0.276. The molecular formula is C29H29N5O7. The van der Waals surface area contributed by atoms with Crippen molar-refractivity contribution in [3.05, 3.63) is 76.3 Å². The van der Waals surface area contributed by atoms with Crippen molar-refractivity contribution in [2.75, 3.05) is 19.1 Å². The number of aromatic amines is 1. The number of carbonyl (C=O) groups excluding carboxylic acids is 2. The molecule has 3 aromatic carbocycles. The number of benzene rings is 3. The quantitative estimate of drug-likeness (QED) is 0.312. The molecule has 1 aliphatic heterocycles. The van der Waals surface area contributed by atoms with Gasteiger partial charge in [0.15, 0.2) is 5.82 Å². The van der Waals surface area contributed by atoms with E-state index in [-0.39, 0.29) is 12.5 Å². The number of likely N-dealkylation sites (N-methyl/N-ethyl adjacent to an activating group) is 1. The van der Waals surface area contributed by atoms with Crippen molar-refractivity contribution in [3.8, 4) is 17.1 Å². The fourth-order valence-corrected chi connectivity index (χ4v) is 5.03. The second kappa shape index (κ2) is 11.2. The van der Waals surface area contributed by atoms with E-state index in [1.165, 1.54) is 14.0 Å². The Kier molecular flexibility index (Phi) is 7.47. The van der Waals surface area contributed by atoms with Gasteiger partial charge in [-0.1, -0.05) is 41.6 Å².